The third-order valence-electron chi connectivity index (χ3n) is 3.42. The Morgan fingerprint density at radius 2 is 1.56 bits per heavy atom. The van der Waals surface area contributed by atoms with Crippen molar-refractivity contribution in [3.8, 4) is 0 Å². The van der Waals surface area contributed by atoms with E-state index in [1.165, 1.54) is 16.8 Å². The number of nitrogens with one attached hydrogen (secondary N) is 1. The number of para-hydroxylation sites is 1. The first-order valence-corrected chi connectivity index (χ1v) is 5.76. The SMILES string of the molecule is CC1c2ccccc2NC1c1ccccc1. The maximum absolute atomic E-state index is 3.60. The zero-order chi connectivity index (χ0) is 11.0. The van der Waals surface area contributed by atoms with Gasteiger partial charge in [0.1, 0.15) is 0 Å². The van der Waals surface area contributed by atoms with E-state index < -0.39 is 0 Å². The topological polar surface area (TPSA) is 12.0 Å². The highest BCUT2D eigenvalue weighted by molar-refractivity contribution is 5.60. The molecule has 1 N–H and O–H groups in total. The fraction of sp³-hybridized carbons (Fsp3) is 0.200. The van der Waals surface area contributed by atoms with Crippen molar-refractivity contribution < 1.29 is 0 Å². The van der Waals surface area contributed by atoms with E-state index in [0.717, 1.165) is 0 Å². The second-order valence-corrected chi connectivity index (χ2v) is 4.41. The molecule has 0 amide bonds. The van der Waals surface area contributed by atoms with Gasteiger partial charge in [-0.15, -0.1) is 0 Å². The summed E-state index contributed by atoms with van der Waals surface area (Å²) in [6.07, 6.45) is 0. The molecular formula is C15H15N. The molecule has 0 saturated heterocycles. The van der Waals surface area contributed by atoms with E-state index in [-0.39, 0.29) is 0 Å². The van der Waals surface area contributed by atoms with Crippen molar-refractivity contribution in [1.82, 2.24) is 0 Å². The average molecular weight is 209 g/mol. The molecule has 0 aliphatic carbocycles. The molecule has 1 heteroatoms. The molecule has 0 aromatic heterocycles. The summed E-state index contributed by atoms with van der Waals surface area (Å²) in [6, 6.07) is 19.7. The molecule has 3 rings (SSSR count). The van der Waals surface area contributed by atoms with Crippen LogP contribution in [0.4, 0.5) is 5.69 Å². The molecule has 2 aromatic carbocycles. The van der Waals surface area contributed by atoms with Crippen molar-refractivity contribution in [1.29, 1.82) is 0 Å². The Balaban J connectivity index is 1.99. The first-order valence-electron chi connectivity index (χ1n) is 5.76. The summed E-state index contributed by atoms with van der Waals surface area (Å²) in [5.74, 6) is 0.540. The lowest BCUT2D eigenvalue weighted by Gasteiger charge is -2.16. The molecule has 2 atom stereocenters. The second kappa shape index (κ2) is 3.67. The maximum Gasteiger partial charge on any atom is 0.0580 e. The number of anilines is 1. The summed E-state index contributed by atoms with van der Waals surface area (Å²) < 4.78 is 0. The molecule has 0 saturated carbocycles. The number of rotatable bonds is 1. The average Bonchev–Trinajstić information content (AvgIpc) is 2.69. The molecule has 0 radical (unpaired) electrons. The van der Waals surface area contributed by atoms with E-state index in [1.807, 2.05) is 0 Å². The van der Waals surface area contributed by atoms with E-state index in [9.17, 15) is 0 Å². The van der Waals surface area contributed by atoms with E-state index in [1.54, 1.807) is 0 Å². The zero-order valence-corrected chi connectivity index (χ0v) is 9.35. The third kappa shape index (κ3) is 1.40. The molecule has 1 aliphatic heterocycles. The molecule has 1 nitrogen and oxygen atoms in total. The van der Waals surface area contributed by atoms with Crippen LogP contribution in [0.1, 0.15) is 30.0 Å². The first kappa shape index (κ1) is 9.46. The molecule has 0 spiro atoms. The number of benzene rings is 2. The van der Waals surface area contributed by atoms with E-state index >= 15 is 0 Å². The van der Waals surface area contributed by atoms with Crippen LogP contribution >= 0.6 is 0 Å². The Morgan fingerprint density at radius 3 is 2.31 bits per heavy atom. The molecule has 80 valence electrons. The van der Waals surface area contributed by atoms with Crippen LogP contribution in [0.25, 0.3) is 0 Å². The Hall–Kier alpha value is -1.76. The third-order valence-corrected chi connectivity index (χ3v) is 3.42. The van der Waals surface area contributed by atoms with Gasteiger partial charge in [-0.25, -0.2) is 0 Å². The summed E-state index contributed by atoms with van der Waals surface area (Å²) in [7, 11) is 0. The number of hydrogen-bond donors (Lipinski definition) is 1. The highest BCUT2D eigenvalue weighted by Crippen LogP contribution is 2.43. The van der Waals surface area contributed by atoms with Gasteiger partial charge in [0.2, 0.25) is 0 Å². The van der Waals surface area contributed by atoms with Crippen LogP contribution < -0.4 is 5.32 Å². The standard InChI is InChI=1S/C15H15N/c1-11-13-9-5-6-10-14(13)16-15(11)12-7-3-2-4-8-12/h2-11,15-16H,1H3. The first-order chi connectivity index (χ1) is 7.86. The summed E-state index contributed by atoms with van der Waals surface area (Å²) in [6.45, 7) is 2.29. The van der Waals surface area contributed by atoms with Gasteiger partial charge in [-0.05, 0) is 17.2 Å². The van der Waals surface area contributed by atoms with Gasteiger partial charge in [-0.2, -0.15) is 0 Å². The minimum absolute atomic E-state index is 0.415. The van der Waals surface area contributed by atoms with Gasteiger partial charge in [0, 0.05) is 11.6 Å². The van der Waals surface area contributed by atoms with Gasteiger partial charge in [-0.1, -0.05) is 55.5 Å². The summed E-state index contributed by atoms with van der Waals surface area (Å²) in [4.78, 5) is 0. The molecule has 0 fully saturated rings. The van der Waals surface area contributed by atoms with Crippen molar-refractivity contribution >= 4 is 5.69 Å². The Morgan fingerprint density at radius 1 is 0.875 bits per heavy atom. The lowest BCUT2D eigenvalue weighted by molar-refractivity contribution is 0.676. The van der Waals surface area contributed by atoms with Crippen molar-refractivity contribution in [2.75, 3.05) is 5.32 Å². The van der Waals surface area contributed by atoms with Crippen LogP contribution in [0.15, 0.2) is 54.6 Å². The van der Waals surface area contributed by atoms with Crippen LogP contribution in [-0.4, -0.2) is 0 Å². The van der Waals surface area contributed by atoms with Crippen LogP contribution in [0.2, 0.25) is 0 Å². The molecule has 1 heterocycles. The highest BCUT2D eigenvalue weighted by Gasteiger charge is 2.28. The Labute approximate surface area is 96.1 Å². The van der Waals surface area contributed by atoms with Gasteiger partial charge in [-0.3, -0.25) is 0 Å². The predicted molar refractivity (Wildman–Crippen MR) is 67.7 cm³/mol. The minimum atomic E-state index is 0.415. The molecular weight excluding hydrogens is 194 g/mol. The lowest BCUT2D eigenvalue weighted by Crippen LogP contribution is -2.08. The van der Waals surface area contributed by atoms with Crippen LogP contribution in [-0.2, 0) is 0 Å². The van der Waals surface area contributed by atoms with Gasteiger partial charge in [0.05, 0.1) is 6.04 Å². The van der Waals surface area contributed by atoms with Crippen molar-refractivity contribution in [2.45, 2.75) is 18.9 Å². The Kier molecular flexibility index (Phi) is 2.17. The van der Waals surface area contributed by atoms with Crippen LogP contribution in [0, 0.1) is 0 Å². The van der Waals surface area contributed by atoms with Crippen LogP contribution in [0.3, 0.4) is 0 Å². The molecule has 0 bridgehead atoms. The molecule has 16 heavy (non-hydrogen) atoms. The highest BCUT2D eigenvalue weighted by atomic mass is 15.0. The second-order valence-electron chi connectivity index (χ2n) is 4.41. The molecule has 2 aromatic rings. The fourth-order valence-corrected chi connectivity index (χ4v) is 2.53. The van der Waals surface area contributed by atoms with E-state index in [0.29, 0.717) is 12.0 Å². The van der Waals surface area contributed by atoms with Crippen LogP contribution in [0.5, 0.6) is 0 Å². The lowest BCUT2D eigenvalue weighted by atomic mass is 9.92. The van der Waals surface area contributed by atoms with Crippen molar-refractivity contribution in [3.63, 3.8) is 0 Å². The smallest absolute Gasteiger partial charge is 0.0580 e. The monoisotopic (exact) mass is 209 g/mol. The maximum atomic E-state index is 3.60. The zero-order valence-electron chi connectivity index (χ0n) is 9.35. The largest absolute Gasteiger partial charge is 0.377 e. The predicted octanol–water partition coefficient (Wildman–Crippen LogP) is 3.96. The normalized spacial score (nSPS) is 22.6. The summed E-state index contributed by atoms with van der Waals surface area (Å²) in [5, 5.41) is 3.60. The van der Waals surface area contributed by atoms with E-state index in [4.69, 9.17) is 0 Å². The summed E-state index contributed by atoms with van der Waals surface area (Å²) in [5.41, 5.74) is 4.08. The number of hydrogen-bond acceptors (Lipinski definition) is 1. The fourth-order valence-electron chi connectivity index (χ4n) is 2.53. The van der Waals surface area contributed by atoms with Crippen molar-refractivity contribution in [3.05, 3.63) is 65.7 Å². The molecule has 1 aliphatic rings. The van der Waals surface area contributed by atoms with E-state index in [2.05, 4.69) is 66.8 Å². The summed E-state index contributed by atoms with van der Waals surface area (Å²) >= 11 is 0. The number of fused-ring (bicyclic) bond motifs is 1. The van der Waals surface area contributed by atoms with Crippen molar-refractivity contribution in [2.24, 2.45) is 0 Å². The quantitative estimate of drug-likeness (QED) is 0.749. The Bertz CT molecular complexity index is 490. The van der Waals surface area contributed by atoms with Gasteiger partial charge in [0.25, 0.3) is 0 Å². The molecule has 2 unspecified atom stereocenters. The van der Waals surface area contributed by atoms with Gasteiger partial charge in [0.15, 0.2) is 0 Å². The van der Waals surface area contributed by atoms with Gasteiger partial charge >= 0.3 is 0 Å². The van der Waals surface area contributed by atoms with Gasteiger partial charge < -0.3 is 5.32 Å². The minimum Gasteiger partial charge on any atom is -0.377 e.